The fourth-order valence-electron chi connectivity index (χ4n) is 0.350. The molecule has 8 heavy (non-hydrogen) atoms. The maximum atomic E-state index is 5.57. The van der Waals surface area contributed by atoms with Crippen LogP contribution < -0.4 is 0 Å². The minimum absolute atomic E-state index is 0.197. The molecule has 50 valence electrons. The number of rotatable bonds is 4. The summed E-state index contributed by atoms with van der Waals surface area (Å²) >= 11 is 10.9. The maximum absolute atomic E-state index is 5.57. The average molecular weight is 157 g/mol. The van der Waals surface area contributed by atoms with Gasteiger partial charge in [0.1, 0.15) is 5.56 Å². The number of hydrogen-bond donors (Lipinski definition) is 0. The first-order valence-electron chi connectivity index (χ1n) is 2.63. The van der Waals surface area contributed by atoms with E-state index < -0.39 is 0 Å². The largest absolute Gasteiger partial charge is 0.363 e. The third-order valence-electron chi connectivity index (χ3n) is 0.684. The van der Waals surface area contributed by atoms with E-state index >= 15 is 0 Å². The quantitative estimate of drug-likeness (QED) is 0.568. The lowest BCUT2D eigenvalue weighted by Gasteiger charge is -2.04. The van der Waals surface area contributed by atoms with Crippen LogP contribution in [0.3, 0.4) is 0 Å². The summed E-state index contributed by atoms with van der Waals surface area (Å²) in [7, 11) is 0. The molecule has 0 bridgehead atoms. The van der Waals surface area contributed by atoms with Crippen LogP contribution in [-0.4, -0.2) is 18.1 Å². The van der Waals surface area contributed by atoms with Gasteiger partial charge >= 0.3 is 0 Å². The van der Waals surface area contributed by atoms with Crippen molar-refractivity contribution in [3.8, 4) is 0 Å². The van der Waals surface area contributed by atoms with Crippen LogP contribution in [0.5, 0.6) is 0 Å². The molecular formula is C5H10Cl2O. The van der Waals surface area contributed by atoms with Crippen molar-refractivity contribution in [1.29, 1.82) is 0 Å². The summed E-state index contributed by atoms with van der Waals surface area (Å²) in [6, 6.07) is 0. The SMILES string of the molecule is CCOC(Cl)CCCl. The summed E-state index contributed by atoms with van der Waals surface area (Å²) < 4.78 is 4.96. The zero-order chi connectivity index (χ0) is 6.41. The highest BCUT2D eigenvalue weighted by molar-refractivity contribution is 6.21. The molecule has 0 saturated carbocycles. The lowest BCUT2D eigenvalue weighted by Crippen LogP contribution is -2.04. The first kappa shape index (κ1) is 8.54. The van der Waals surface area contributed by atoms with Crippen LogP contribution in [-0.2, 0) is 4.74 Å². The van der Waals surface area contributed by atoms with Crippen molar-refractivity contribution in [2.45, 2.75) is 18.9 Å². The first-order valence-corrected chi connectivity index (χ1v) is 3.60. The minimum atomic E-state index is -0.197. The second-order valence-electron chi connectivity index (χ2n) is 1.34. The lowest BCUT2D eigenvalue weighted by molar-refractivity contribution is 0.118. The zero-order valence-corrected chi connectivity index (χ0v) is 6.37. The molecule has 0 aromatic rings. The van der Waals surface area contributed by atoms with Crippen molar-refractivity contribution < 1.29 is 4.74 Å². The molecular weight excluding hydrogens is 147 g/mol. The number of halogens is 2. The van der Waals surface area contributed by atoms with Gasteiger partial charge in [-0.25, -0.2) is 0 Å². The van der Waals surface area contributed by atoms with E-state index in [2.05, 4.69) is 0 Å². The van der Waals surface area contributed by atoms with Gasteiger partial charge in [-0.15, -0.1) is 11.6 Å². The Morgan fingerprint density at radius 3 is 2.62 bits per heavy atom. The summed E-state index contributed by atoms with van der Waals surface area (Å²) in [6.45, 7) is 2.56. The number of ether oxygens (including phenoxy) is 1. The minimum Gasteiger partial charge on any atom is -0.363 e. The van der Waals surface area contributed by atoms with E-state index in [9.17, 15) is 0 Å². The molecule has 0 radical (unpaired) electrons. The molecule has 0 aliphatic rings. The van der Waals surface area contributed by atoms with E-state index in [1.807, 2.05) is 6.92 Å². The van der Waals surface area contributed by atoms with Crippen LogP contribution in [0.2, 0.25) is 0 Å². The fourth-order valence-corrected chi connectivity index (χ4v) is 0.895. The molecule has 0 amide bonds. The molecule has 0 rings (SSSR count). The van der Waals surface area contributed by atoms with Crippen LogP contribution in [0.4, 0.5) is 0 Å². The van der Waals surface area contributed by atoms with Crippen molar-refractivity contribution in [3.05, 3.63) is 0 Å². The van der Waals surface area contributed by atoms with E-state index in [4.69, 9.17) is 27.9 Å². The molecule has 1 atom stereocenters. The van der Waals surface area contributed by atoms with Crippen molar-refractivity contribution >= 4 is 23.2 Å². The molecule has 0 aromatic heterocycles. The molecule has 3 heteroatoms. The van der Waals surface area contributed by atoms with Crippen molar-refractivity contribution in [3.63, 3.8) is 0 Å². The van der Waals surface area contributed by atoms with Gasteiger partial charge in [-0.3, -0.25) is 0 Å². The highest BCUT2D eigenvalue weighted by atomic mass is 35.5. The molecule has 0 heterocycles. The molecule has 0 aliphatic carbocycles. The van der Waals surface area contributed by atoms with Crippen molar-refractivity contribution in [1.82, 2.24) is 0 Å². The smallest absolute Gasteiger partial charge is 0.132 e. The molecule has 0 saturated heterocycles. The van der Waals surface area contributed by atoms with Gasteiger partial charge in [0.15, 0.2) is 0 Å². The van der Waals surface area contributed by atoms with Gasteiger partial charge in [0.2, 0.25) is 0 Å². The van der Waals surface area contributed by atoms with Crippen molar-refractivity contribution in [2.24, 2.45) is 0 Å². The molecule has 1 nitrogen and oxygen atoms in total. The lowest BCUT2D eigenvalue weighted by atomic mass is 10.5. The second kappa shape index (κ2) is 5.67. The number of hydrogen-bond acceptors (Lipinski definition) is 1. The Kier molecular flexibility index (Phi) is 6.06. The van der Waals surface area contributed by atoms with Crippen LogP contribution >= 0.6 is 23.2 Å². The first-order chi connectivity index (χ1) is 3.81. The third-order valence-corrected chi connectivity index (χ3v) is 1.25. The van der Waals surface area contributed by atoms with E-state index in [1.165, 1.54) is 0 Å². The van der Waals surface area contributed by atoms with Gasteiger partial charge in [-0.1, -0.05) is 11.6 Å². The topological polar surface area (TPSA) is 9.23 Å². The van der Waals surface area contributed by atoms with E-state index in [0.29, 0.717) is 12.5 Å². The standard InChI is InChI=1S/C5H10Cl2O/c1-2-8-5(7)3-4-6/h5H,2-4H2,1H3. The van der Waals surface area contributed by atoms with Gasteiger partial charge in [0.05, 0.1) is 0 Å². The molecule has 1 unspecified atom stereocenters. The van der Waals surface area contributed by atoms with E-state index in [1.54, 1.807) is 0 Å². The molecule has 0 spiro atoms. The van der Waals surface area contributed by atoms with Crippen LogP contribution in [0.1, 0.15) is 13.3 Å². The van der Waals surface area contributed by atoms with E-state index in [-0.39, 0.29) is 5.56 Å². The van der Waals surface area contributed by atoms with Gasteiger partial charge in [-0.2, -0.15) is 0 Å². The summed E-state index contributed by atoms with van der Waals surface area (Å²) in [5.74, 6) is 0.564. The predicted octanol–water partition coefficient (Wildman–Crippen LogP) is 2.22. The summed E-state index contributed by atoms with van der Waals surface area (Å²) in [4.78, 5) is 0. The Labute approximate surface area is 59.9 Å². The van der Waals surface area contributed by atoms with Crippen LogP contribution in [0, 0.1) is 0 Å². The van der Waals surface area contributed by atoms with Crippen LogP contribution in [0.25, 0.3) is 0 Å². The third kappa shape index (κ3) is 4.69. The Morgan fingerprint density at radius 2 is 2.25 bits per heavy atom. The summed E-state index contributed by atoms with van der Waals surface area (Å²) in [6.07, 6.45) is 0.719. The molecule has 0 fully saturated rings. The van der Waals surface area contributed by atoms with E-state index in [0.717, 1.165) is 6.42 Å². The highest BCUT2D eigenvalue weighted by Crippen LogP contribution is 2.03. The Bertz CT molecular complexity index is 43.7. The normalized spacial score (nSPS) is 13.9. The Morgan fingerprint density at radius 1 is 1.62 bits per heavy atom. The van der Waals surface area contributed by atoms with Gasteiger partial charge in [0, 0.05) is 18.9 Å². The fraction of sp³-hybridized carbons (Fsp3) is 1.00. The molecule has 0 aliphatic heterocycles. The van der Waals surface area contributed by atoms with Gasteiger partial charge < -0.3 is 4.74 Å². The summed E-state index contributed by atoms with van der Waals surface area (Å²) in [5, 5.41) is 0. The molecule has 0 aromatic carbocycles. The Balaban J connectivity index is 2.92. The Hall–Kier alpha value is 0.540. The zero-order valence-electron chi connectivity index (χ0n) is 4.86. The van der Waals surface area contributed by atoms with Gasteiger partial charge in [-0.05, 0) is 6.92 Å². The maximum Gasteiger partial charge on any atom is 0.132 e. The van der Waals surface area contributed by atoms with Gasteiger partial charge in [0.25, 0.3) is 0 Å². The summed E-state index contributed by atoms with van der Waals surface area (Å²) in [5.41, 5.74) is -0.197. The van der Waals surface area contributed by atoms with Crippen LogP contribution in [0.15, 0.2) is 0 Å². The average Bonchev–Trinajstić information content (AvgIpc) is 1.68. The highest BCUT2D eigenvalue weighted by Gasteiger charge is 1.99. The number of alkyl halides is 2. The predicted molar refractivity (Wildman–Crippen MR) is 36.6 cm³/mol. The monoisotopic (exact) mass is 156 g/mol. The van der Waals surface area contributed by atoms with Crippen molar-refractivity contribution in [2.75, 3.05) is 12.5 Å². The second-order valence-corrected chi connectivity index (χ2v) is 2.21. The molecule has 0 N–H and O–H groups in total.